The van der Waals surface area contributed by atoms with Crippen molar-refractivity contribution in [1.82, 2.24) is 9.80 Å². The van der Waals surface area contributed by atoms with E-state index in [4.69, 9.17) is 16.7 Å². The van der Waals surface area contributed by atoms with Gasteiger partial charge in [0.05, 0.1) is 11.5 Å². The molecule has 1 unspecified atom stereocenters. The number of aliphatic hydroxyl groups is 1. The van der Waals surface area contributed by atoms with Gasteiger partial charge in [0.25, 0.3) is 0 Å². The van der Waals surface area contributed by atoms with Gasteiger partial charge in [0.1, 0.15) is 0 Å². The van der Waals surface area contributed by atoms with Crippen LogP contribution in [0.1, 0.15) is 30.7 Å². The molecule has 7 heteroatoms. The van der Waals surface area contributed by atoms with E-state index in [1.54, 1.807) is 23.1 Å². The molecule has 1 atom stereocenters. The van der Waals surface area contributed by atoms with Crippen LogP contribution in [0.25, 0.3) is 0 Å². The van der Waals surface area contributed by atoms with Gasteiger partial charge < -0.3 is 20.0 Å². The van der Waals surface area contributed by atoms with Crippen molar-refractivity contribution >= 4 is 23.6 Å². The Bertz CT molecular complexity index is 639. The molecule has 6 nitrogen and oxygen atoms in total. The van der Waals surface area contributed by atoms with Crippen LogP contribution < -0.4 is 0 Å². The largest absolute Gasteiger partial charge is 0.465 e. The normalized spacial score (nSPS) is 21.1. The number of rotatable bonds is 3. The number of halogens is 1. The summed E-state index contributed by atoms with van der Waals surface area (Å²) in [6.45, 7) is 1.28. The number of carbonyl (C=O) groups excluding carboxylic acids is 1. The molecule has 2 N–H and O–H groups in total. The number of carbonyl (C=O) groups is 2. The molecule has 0 spiro atoms. The maximum atomic E-state index is 13.1. The van der Waals surface area contributed by atoms with E-state index < -0.39 is 17.6 Å². The number of carboxylic acid groups (broad SMARTS) is 1. The molecule has 0 bridgehead atoms. The highest BCUT2D eigenvalue weighted by molar-refractivity contribution is 6.30. The Morgan fingerprint density at radius 3 is 2.25 bits per heavy atom. The fourth-order valence-electron chi connectivity index (χ4n) is 3.50. The zero-order valence-corrected chi connectivity index (χ0v) is 14.1. The molecule has 1 heterocycles. The molecule has 1 saturated heterocycles. The predicted octanol–water partition coefficient (Wildman–Crippen LogP) is 2.16. The van der Waals surface area contributed by atoms with Gasteiger partial charge in [-0.3, -0.25) is 4.79 Å². The molecule has 2 fully saturated rings. The first-order valence-corrected chi connectivity index (χ1v) is 8.53. The van der Waals surface area contributed by atoms with Crippen molar-refractivity contribution in [2.24, 2.45) is 0 Å². The molecule has 2 aliphatic rings. The smallest absolute Gasteiger partial charge is 0.407 e. The quantitative estimate of drug-likeness (QED) is 0.873. The summed E-state index contributed by atoms with van der Waals surface area (Å²) in [4.78, 5) is 27.0. The van der Waals surface area contributed by atoms with Crippen LogP contribution in [0, 0.1) is 0 Å². The van der Waals surface area contributed by atoms with Crippen molar-refractivity contribution < 1.29 is 19.8 Å². The zero-order valence-electron chi connectivity index (χ0n) is 13.3. The molecule has 130 valence electrons. The van der Waals surface area contributed by atoms with Gasteiger partial charge in [-0.05, 0) is 37.0 Å². The van der Waals surface area contributed by atoms with Crippen LogP contribution in [0.5, 0.6) is 0 Å². The Morgan fingerprint density at radius 2 is 1.75 bits per heavy atom. The van der Waals surface area contributed by atoms with Crippen LogP contribution >= 0.6 is 11.6 Å². The monoisotopic (exact) mass is 352 g/mol. The Balaban J connectivity index is 1.81. The highest BCUT2D eigenvalue weighted by atomic mass is 35.5. The second-order valence-electron chi connectivity index (χ2n) is 6.54. The first kappa shape index (κ1) is 17.0. The third-order valence-corrected chi connectivity index (χ3v) is 5.28. The Morgan fingerprint density at radius 1 is 1.12 bits per heavy atom. The first-order valence-electron chi connectivity index (χ1n) is 8.15. The molecule has 1 aromatic carbocycles. The molecule has 0 aromatic heterocycles. The molecule has 3 rings (SSSR count). The number of hydrogen-bond donors (Lipinski definition) is 2. The molecular formula is C17H21ClN2O4. The van der Waals surface area contributed by atoms with Crippen molar-refractivity contribution in [3.63, 3.8) is 0 Å². The predicted molar refractivity (Wildman–Crippen MR) is 89.2 cm³/mol. The minimum absolute atomic E-state index is 0.149. The van der Waals surface area contributed by atoms with Gasteiger partial charge in [-0.1, -0.05) is 23.7 Å². The molecule has 0 radical (unpaired) electrons. The Labute approximate surface area is 145 Å². The zero-order chi connectivity index (χ0) is 17.3. The van der Waals surface area contributed by atoms with Gasteiger partial charge >= 0.3 is 6.09 Å². The first-order chi connectivity index (χ1) is 11.4. The van der Waals surface area contributed by atoms with Gasteiger partial charge in [0, 0.05) is 31.2 Å². The second kappa shape index (κ2) is 6.61. The number of nitrogens with zero attached hydrogens (tertiary/aromatic N) is 2. The average molecular weight is 353 g/mol. The minimum Gasteiger partial charge on any atom is -0.465 e. The van der Waals surface area contributed by atoms with Gasteiger partial charge in [-0.15, -0.1) is 0 Å². The van der Waals surface area contributed by atoms with Crippen LogP contribution in [-0.2, 0) is 4.79 Å². The van der Waals surface area contributed by atoms with Crippen molar-refractivity contribution in [3.05, 3.63) is 34.9 Å². The van der Waals surface area contributed by atoms with Crippen LogP contribution in [0.3, 0.4) is 0 Å². The highest BCUT2D eigenvalue weighted by Gasteiger charge is 2.48. The lowest BCUT2D eigenvalue weighted by molar-refractivity contribution is -0.146. The van der Waals surface area contributed by atoms with Gasteiger partial charge in [-0.25, -0.2) is 4.79 Å². The Kier molecular flexibility index (Phi) is 4.69. The topological polar surface area (TPSA) is 81.1 Å². The standard InChI is InChI=1S/C17H21ClN2O4/c18-13-4-1-3-12(11-13)14(17(24)5-2-6-17)15(21)19-7-9-20(10-8-19)16(22)23/h1,3-4,11,14,24H,2,5-10H2,(H,22,23). The number of amides is 2. The summed E-state index contributed by atoms with van der Waals surface area (Å²) in [7, 11) is 0. The molecule has 2 amide bonds. The van der Waals surface area contributed by atoms with E-state index >= 15 is 0 Å². The minimum atomic E-state index is -1.04. The summed E-state index contributed by atoms with van der Waals surface area (Å²) in [5, 5.41) is 20.4. The van der Waals surface area contributed by atoms with Crippen LogP contribution in [0.2, 0.25) is 5.02 Å². The van der Waals surface area contributed by atoms with E-state index in [9.17, 15) is 14.7 Å². The van der Waals surface area contributed by atoms with Crippen LogP contribution in [0.15, 0.2) is 24.3 Å². The summed E-state index contributed by atoms with van der Waals surface area (Å²) in [5.74, 6) is -0.800. The van der Waals surface area contributed by atoms with Gasteiger partial charge in [0.15, 0.2) is 0 Å². The van der Waals surface area contributed by atoms with E-state index in [2.05, 4.69) is 0 Å². The summed E-state index contributed by atoms with van der Waals surface area (Å²) >= 11 is 6.07. The van der Waals surface area contributed by atoms with E-state index in [1.165, 1.54) is 4.90 Å². The van der Waals surface area contributed by atoms with Crippen molar-refractivity contribution in [2.75, 3.05) is 26.2 Å². The lowest BCUT2D eigenvalue weighted by atomic mass is 9.68. The maximum Gasteiger partial charge on any atom is 0.407 e. The summed E-state index contributed by atoms with van der Waals surface area (Å²) < 4.78 is 0. The fraction of sp³-hybridized carbons (Fsp3) is 0.529. The summed E-state index contributed by atoms with van der Waals surface area (Å²) in [6.07, 6.45) is 1.11. The van der Waals surface area contributed by atoms with E-state index in [0.717, 1.165) is 12.0 Å². The number of piperazine rings is 1. The third-order valence-electron chi connectivity index (χ3n) is 5.05. The Hall–Kier alpha value is -1.79. The van der Waals surface area contributed by atoms with E-state index in [0.29, 0.717) is 44.0 Å². The van der Waals surface area contributed by atoms with Crippen molar-refractivity contribution in [1.29, 1.82) is 0 Å². The molecule has 1 aromatic rings. The molecule has 1 aliphatic carbocycles. The number of benzene rings is 1. The van der Waals surface area contributed by atoms with E-state index in [1.807, 2.05) is 6.07 Å². The summed E-state index contributed by atoms with van der Waals surface area (Å²) in [5.41, 5.74) is -0.318. The molecule has 1 saturated carbocycles. The van der Waals surface area contributed by atoms with Crippen molar-refractivity contribution in [3.8, 4) is 0 Å². The molecule has 1 aliphatic heterocycles. The second-order valence-corrected chi connectivity index (χ2v) is 6.98. The van der Waals surface area contributed by atoms with Crippen molar-refractivity contribution in [2.45, 2.75) is 30.8 Å². The molecular weight excluding hydrogens is 332 g/mol. The fourth-order valence-corrected chi connectivity index (χ4v) is 3.70. The average Bonchev–Trinajstić information content (AvgIpc) is 2.53. The third kappa shape index (κ3) is 3.21. The summed E-state index contributed by atoms with van der Waals surface area (Å²) in [6, 6.07) is 7.07. The van der Waals surface area contributed by atoms with E-state index in [-0.39, 0.29) is 5.91 Å². The number of hydrogen-bond acceptors (Lipinski definition) is 3. The van der Waals surface area contributed by atoms with Crippen LogP contribution in [0.4, 0.5) is 4.79 Å². The highest BCUT2D eigenvalue weighted by Crippen LogP contribution is 2.44. The van der Waals surface area contributed by atoms with Crippen LogP contribution in [-0.4, -0.2) is 63.8 Å². The SMILES string of the molecule is O=C(O)N1CCN(C(=O)C(c2cccc(Cl)c2)C2(O)CCC2)CC1. The molecule has 24 heavy (non-hydrogen) atoms. The lowest BCUT2D eigenvalue weighted by Gasteiger charge is -2.45. The van der Waals surface area contributed by atoms with Gasteiger partial charge in [-0.2, -0.15) is 0 Å². The maximum absolute atomic E-state index is 13.1. The lowest BCUT2D eigenvalue weighted by Crippen LogP contribution is -2.55. The van der Waals surface area contributed by atoms with Gasteiger partial charge in [0.2, 0.25) is 5.91 Å².